The van der Waals surface area contributed by atoms with Crippen LogP contribution >= 0.6 is 0 Å². The molecule has 0 fully saturated rings. The SMILES string of the molecule is CCn1ccnc1-n1cc(N)c(C(N)=O)n1. The zero-order chi connectivity index (χ0) is 11.7. The number of aryl methyl sites for hydroxylation is 1. The summed E-state index contributed by atoms with van der Waals surface area (Å²) in [5.74, 6) is -0.0486. The van der Waals surface area contributed by atoms with Gasteiger partial charge in [0.15, 0.2) is 5.69 Å². The van der Waals surface area contributed by atoms with E-state index < -0.39 is 5.91 Å². The van der Waals surface area contributed by atoms with Crippen molar-refractivity contribution >= 4 is 11.6 Å². The van der Waals surface area contributed by atoms with Gasteiger partial charge in [-0.15, -0.1) is 0 Å². The Morgan fingerprint density at radius 3 is 2.88 bits per heavy atom. The number of primary amides is 1. The van der Waals surface area contributed by atoms with Crippen molar-refractivity contribution in [2.45, 2.75) is 13.5 Å². The van der Waals surface area contributed by atoms with E-state index in [1.165, 1.54) is 10.9 Å². The van der Waals surface area contributed by atoms with Crippen molar-refractivity contribution in [1.29, 1.82) is 0 Å². The van der Waals surface area contributed by atoms with Crippen LogP contribution in [0.3, 0.4) is 0 Å². The van der Waals surface area contributed by atoms with Gasteiger partial charge in [0.2, 0.25) is 5.95 Å². The summed E-state index contributed by atoms with van der Waals surface area (Å²) in [6.45, 7) is 2.73. The molecule has 0 aliphatic carbocycles. The Hall–Kier alpha value is -2.31. The van der Waals surface area contributed by atoms with Gasteiger partial charge in [0.1, 0.15) is 0 Å². The zero-order valence-corrected chi connectivity index (χ0v) is 8.79. The quantitative estimate of drug-likeness (QED) is 0.745. The zero-order valence-electron chi connectivity index (χ0n) is 8.79. The standard InChI is InChI=1S/C9H12N6O/c1-2-14-4-3-12-9(14)15-5-6(10)7(13-15)8(11)16/h3-5H,2,10H2,1H3,(H2,11,16). The summed E-state index contributed by atoms with van der Waals surface area (Å²) in [6, 6.07) is 0. The topological polar surface area (TPSA) is 105 Å². The summed E-state index contributed by atoms with van der Waals surface area (Å²) in [5, 5.41) is 3.99. The first-order valence-corrected chi connectivity index (χ1v) is 4.80. The number of nitrogens with zero attached hydrogens (tertiary/aromatic N) is 4. The molecule has 4 N–H and O–H groups in total. The number of nitrogens with two attached hydrogens (primary N) is 2. The maximum atomic E-state index is 11.0. The summed E-state index contributed by atoms with van der Waals surface area (Å²) in [7, 11) is 0. The van der Waals surface area contributed by atoms with Gasteiger partial charge in [-0.2, -0.15) is 5.10 Å². The van der Waals surface area contributed by atoms with Crippen LogP contribution in [-0.4, -0.2) is 25.2 Å². The van der Waals surface area contributed by atoms with Crippen LogP contribution in [-0.2, 0) is 6.54 Å². The molecule has 2 heterocycles. The fraction of sp³-hybridized carbons (Fsp3) is 0.222. The second kappa shape index (κ2) is 3.69. The van der Waals surface area contributed by atoms with E-state index in [2.05, 4.69) is 10.1 Å². The molecule has 2 aromatic rings. The van der Waals surface area contributed by atoms with E-state index in [0.29, 0.717) is 5.95 Å². The minimum Gasteiger partial charge on any atom is -0.395 e. The molecule has 0 aromatic carbocycles. The summed E-state index contributed by atoms with van der Waals surface area (Å²) in [5.41, 5.74) is 11.1. The number of imidazole rings is 1. The molecule has 0 aliphatic heterocycles. The van der Waals surface area contributed by atoms with Gasteiger partial charge in [-0.1, -0.05) is 0 Å². The molecule has 2 aromatic heterocycles. The number of anilines is 1. The van der Waals surface area contributed by atoms with Crippen LogP contribution in [0.2, 0.25) is 0 Å². The molecular formula is C9H12N6O. The van der Waals surface area contributed by atoms with Crippen molar-refractivity contribution in [3.63, 3.8) is 0 Å². The highest BCUT2D eigenvalue weighted by molar-refractivity contribution is 5.95. The molecule has 84 valence electrons. The van der Waals surface area contributed by atoms with Gasteiger partial charge in [-0.05, 0) is 6.92 Å². The number of amides is 1. The van der Waals surface area contributed by atoms with Crippen molar-refractivity contribution in [1.82, 2.24) is 19.3 Å². The first-order chi connectivity index (χ1) is 7.63. The maximum absolute atomic E-state index is 11.0. The summed E-state index contributed by atoms with van der Waals surface area (Å²) >= 11 is 0. The second-order valence-corrected chi connectivity index (χ2v) is 3.26. The highest BCUT2D eigenvalue weighted by Gasteiger charge is 2.14. The summed E-state index contributed by atoms with van der Waals surface area (Å²) < 4.78 is 3.32. The normalized spacial score (nSPS) is 10.6. The lowest BCUT2D eigenvalue weighted by atomic mass is 10.4. The van der Waals surface area contributed by atoms with E-state index >= 15 is 0 Å². The van der Waals surface area contributed by atoms with Crippen LogP contribution in [0.15, 0.2) is 18.6 Å². The first-order valence-electron chi connectivity index (χ1n) is 4.80. The third-order valence-corrected chi connectivity index (χ3v) is 2.22. The molecule has 16 heavy (non-hydrogen) atoms. The number of carbonyl (C=O) groups is 1. The van der Waals surface area contributed by atoms with E-state index in [-0.39, 0.29) is 11.4 Å². The molecule has 0 aliphatic rings. The van der Waals surface area contributed by atoms with Gasteiger partial charge in [0.05, 0.1) is 11.9 Å². The number of rotatable bonds is 3. The van der Waals surface area contributed by atoms with Gasteiger partial charge >= 0.3 is 0 Å². The molecule has 0 atom stereocenters. The van der Waals surface area contributed by atoms with Crippen molar-refractivity contribution < 1.29 is 4.79 Å². The van der Waals surface area contributed by atoms with Crippen molar-refractivity contribution in [3.05, 3.63) is 24.3 Å². The number of nitrogen functional groups attached to an aromatic ring is 1. The largest absolute Gasteiger partial charge is 0.395 e. The molecule has 0 saturated carbocycles. The van der Waals surface area contributed by atoms with Gasteiger partial charge in [-0.25, -0.2) is 9.67 Å². The Labute approximate surface area is 91.7 Å². The van der Waals surface area contributed by atoms with E-state index in [0.717, 1.165) is 6.54 Å². The minimum absolute atomic E-state index is 0.0608. The number of hydrogen-bond acceptors (Lipinski definition) is 4. The smallest absolute Gasteiger partial charge is 0.271 e. The van der Waals surface area contributed by atoms with Crippen molar-refractivity contribution in [3.8, 4) is 5.95 Å². The van der Waals surface area contributed by atoms with Crippen LogP contribution in [0.4, 0.5) is 5.69 Å². The van der Waals surface area contributed by atoms with Crippen LogP contribution in [0.1, 0.15) is 17.4 Å². The third kappa shape index (κ3) is 1.52. The van der Waals surface area contributed by atoms with E-state index in [9.17, 15) is 4.79 Å². The van der Waals surface area contributed by atoms with Gasteiger partial charge in [0, 0.05) is 18.9 Å². The van der Waals surface area contributed by atoms with Crippen LogP contribution in [0.25, 0.3) is 5.95 Å². The predicted octanol–water partition coefficient (Wildman–Crippen LogP) is -0.230. The first kappa shape index (κ1) is 10.2. The van der Waals surface area contributed by atoms with Crippen molar-refractivity contribution in [2.75, 3.05) is 5.73 Å². The van der Waals surface area contributed by atoms with Gasteiger partial charge < -0.3 is 16.0 Å². The average molecular weight is 220 g/mol. The molecule has 0 radical (unpaired) electrons. The van der Waals surface area contributed by atoms with Gasteiger partial charge in [-0.3, -0.25) is 4.79 Å². The minimum atomic E-state index is -0.647. The van der Waals surface area contributed by atoms with Gasteiger partial charge in [0.25, 0.3) is 5.91 Å². The number of aromatic nitrogens is 4. The number of carbonyl (C=O) groups excluding carboxylic acids is 1. The molecule has 7 heteroatoms. The molecule has 0 spiro atoms. The Balaban J connectivity index is 2.49. The maximum Gasteiger partial charge on any atom is 0.271 e. The fourth-order valence-electron chi connectivity index (χ4n) is 1.44. The van der Waals surface area contributed by atoms with E-state index in [1.807, 2.05) is 17.7 Å². The third-order valence-electron chi connectivity index (χ3n) is 2.22. The number of hydrogen-bond donors (Lipinski definition) is 2. The van der Waals surface area contributed by atoms with Crippen LogP contribution < -0.4 is 11.5 Å². The molecular weight excluding hydrogens is 208 g/mol. The molecule has 7 nitrogen and oxygen atoms in total. The molecule has 1 amide bonds. The lowest BCUT2D eigenvalue weighted by Gasteiger charge is -2.02. The Bertz CT molecular complexity index is 526. The van der Waals surface area contributed by atoms with E-state index in [4.69, 9.17) is 11.5 Å². The Kier molecular flexibility index (Phi) is 2.35. The van der Waals surface area contributed by atoms with Crippen molar-refractivity contribution in [2.24, 2.45) is 5.73 Å². The monoisotopic (exact) mass is 220 g/mol. The summed E-state index contributed by atoms with van der Waals surface area (Å²) in [4.78, 5) is 15.1. The van der Waals surface area contributed by atoms with E-state index in [1.54, 1.807) is 6.20 Å². The summed E-state index contributed by atoms with van der Waals surface area (Å²) in [6.07, 6.45) is 4.99. The Morgan fingerprint density at radius 2 is 2.31 bits per heavy atom. The molecule has 0 bridgehead atoms. The highest BCUT2D eigenvalue weighted by atomic mass is 16.1. The highest BCUT2D eigenvalue weighted by Crippen LogP contribution is 2.12. The lowest BCUT2D eigenvalue weighted by Crippen LogP contribution is -2.14. The lowest BCUT2D eigenvalue weighted by molar-refractivity contribution is 0.0996. The predicted molar refractivity (Wildman–Crippen MR) is 58.0 cm³/mol. The van der Waals surface area contributed by atoms with Crippen LogP contribution in [0.5, 0.6) is 0 Å². The average Bonchev–Trinajstić information content (AvgIpc) is 2.82. The van der Waals surface area contributed by atoms with Crippen LogP contribution in [0, 0.1) is 0 Å². The fourth-order valence-corrected chi connectivity index (χ4v) is 1.44. The molecule has 2 rings (SSSR count). The molecule has 0 saturated heterocycles. The molecule has 0 unspecified atom stereocenters. The second-order valence-electron chi connectivity index (χ2n) is 3.26. The Morgan fingerprint density at radius 1 is 1.56 bits per heavy atom.